The van der Waals surface area contributed by atoms with Gasteiger partial charge >= 0.3 is 6.36 Å². The van der Waals surface area contributed by atoms with E-state index in [2.05, 4.69) is 14.8 Å². The van der Waals surface area contributed by atoms with E-state index in [1.54, 1.807) is 11.9 Å². The molecule has 2 bridgehead atoms. The van der Waals surface area contributed by atoms with Crippen LogP contribution >= 0.6 is 0 Å². The molecule has 2 aliphatic rings. The Labute approximate surface area is 195 Å². The van der Waals surface area contributed by atoms with Gasteiger partial charge in [0, 0.05) is 24.2 Å². The molecule has 12 heteroatoms. The topological polar surface area (TPSA) is 60.2 Å². The van der Waals surface area contributed by atoms with E-state index < -0.39 is 41.5 Å². The second-order valence-corrected chi connectivity index (χ2v) is 8.53. The first-order valence-electron chi connectivity index (χ1n) is 10.8. The van der Waals surface area contributed by atoms with Gasteiger partial charge in [-0.1, -0.05) is 0 Å². The van der Waals surface area contributed by atoms with Gasteiger partial charge in [0.25, 0.3) is 5.91 Å². The first-order valence-corrected chi connectivity index (χ1v) is 10.8. The molecule has 0 unspecified atom stereocenters. The van der Waals surface area contributed by atoms with Crippen molar-refractivity contribution >= 4 is 5.91 Å². The average Bonchev–Trinajstić information content (AvgIpc) is 3.11. The molecular weight excluding hydrogens is 478 g/mol. The molecule has 1 aromatic carbocycles. The number of alkyl halides is 3. The van der Waals surface area contributed by atoms with E-state index in [-0.39, 0.29) is 17.3 Å². The number of hydrogen-bond acceptors (Lipinski definition) is 4. The summed E-state index contributed by atoms with van der Waals surface area (Å²) in [6.45, 7) is 0. The predicted molar refractivity (Wildman–Crippen MR) is 110 cm³/mol. The second-order valence-electron chi connectivity index (χ2n) is 8.53. The zero-order valence-electron chi connectivity index (χ0n) is 18.2. The third kappa shape index (κ3) is 4.10. The van der Waals surface area contributed by atoms with Crippen LogP contribution in [0.25, 0.3) is 11.3 Å². The lowest BCUT2D eigenvalue weighted by molar-refractivity contribution is -0.274. The first kappa shape index (κ1) is 23.2. The third-order valence-electron chi connectivity index (χ3n) is 6.36. The fraction of sp³-hybridized carbons (Fsp3) is 0.348. The number of aryl methyl sites for hydroxylation is 1. The molecule has 1 amide bonds. The number of halogens is 6. The number of fused-ring (bicyclic) bond motifs is 4. The van der Waals surface area contributed by atoms with Crippen LogP contribution in [0.1, 0.15) is 47.1 Å². The summed E-state index contributed by atoms with van der Waals surface area (Å²) >= 11 is 0. The Morgan fingerprint density at radius 1 is 1.11 bits per heavy atom. The summed E-state index contributed by atoms with van der Waals surface area (Å²) in [5.41, 5.74) is 1.82. The Bertz CT molecular complexity index is 1280. The van der Waals surface area contributed by atoms with Crippen molar-refractivity contribution in [3.05, 3.63) is 64.9 Å². The molecule has 2 atom stereocenters. The van der Waals surface area contributed by atoms with E-state index in [0.29, 0.717) is 30.7 Å². The monoisotopic (exact) mass is 496 g/mol. The Morgan fingerprint density at radius 3 is 2.46 bits per heavy atom. The Hall–Kier alpha value is -3.57. The smallest absolute Gasteiger partial charge is 0.404 e. The fourth-order valence-electron chi connectivity index (χ4n) is 5.04. The van der Waals surface area contributed by atoms with E-state index in [1.165, 1.54) is 10.7 Å². The summed E-state index contributed by atoms with van der Waals surface area (Å²) in [7, 11) is 1.60. The molecule has 1 saturated heterocycles. The fourth-order valence-corrected chi connectivity index (χ4v) is 5.04. The molecule has 0 saturated carbocycles. The molecule has 35 heavy (non-hydrogen) atoms. The van der Waals surface area contributed by atoms with Crippen molar-refractivity contribution in [2.24, 2.45) is 7.05 Å². The molecule has 4 heterocycles. The number of rotatable bonds is 3. The minimum Gasteiger partial charge on any atom is -0.404 e. The van der Waals surface area contributed by atoms with E-state index in [4.69, 9.17) is 0 Å². The van der Waals surface area contributed by atoms with Gasteiger partial charge in [0.1, 0.15) is 11.4 Å². The Balaban J connectivity index is 1.49. The predicted octanol–water partition coefficient (Wildman–Crippen LogP) is 5.09. The molecule has 0 spiro atoms. The Kier molecular flexibility index (Phi) is 5.48. The van der Waals surface area contributed by atoms with Crippen LogP contribution in [-0.2, 0) is 13.5 Å². The number of benzene rings is 1. The molecule has 0 N–H and O–H groups in total. The van der Waals surface area contributed by atoms with Gasteiger partial charge < -0.3 is 9.64 Å². The molecule has 3 aromatic rings. The van der Waals surface area contributed by atoms with Gasteiger partial charge in [-0.2, -0.15) is 5.10 Å². The highest BCUT2D eigenvalue weighted by Gasteiger charge is 2.44. The van der Waals surface area contributed by atoms with Crippen LogP contribution in [0.5, 0.6) is 5.75 Å². The number of carbonyl (C=O) groups is 1. The van der Waals surface area contributed by atoms with Gasteiger partial charge in [-0.15, -0.1) is 13.2 Å². The highest BCUT2D eigenvalue weighted by molar-refractivity contribution is 5.93. The van der Waals surface area contributed by atoms with Crippen molar-refractivity contribution in [3.8, 4) is 17.0 Å². The molecule has 184 valence electrons. The van der Waals surface area contributed by atoms with Crippen molar-refractivity contribution in [2.45, 2.75) is 44.1 Å². The minimum atomic E-state index is -4.87. The van der Waals surface area contributed by atoms with Crippen molar-refractivity contribution in [3.63, 3.8) is 0 Å². The van der Waals surface area contributed by atoms with Crippen LogP contribution in [0.4, 0.5) is 26.3 Å². The van der Waals surface area contributed by atoms with Crippen molar-refractivity contribution in [1.29, 1.82) is 0 Å². The number of aromatic nitrogens is 3. The number of hydrogen-bond donors (Lipinski definition) is 0. The lowest BCUT2D eigenvalue weighted by atomic mass is 9.81. The highest BCUT2D eigenvalue weighted by Crippen LogP contribution is 2.45. The second kappa shape index (κ2) is 8.28. The SMILES string of the molecule is Cn1nc2c(c1-c1cc(F)c(F)c(F)c1)C[C@H]1CCC[C@@H]2N1C(=O)c1ccc(OC(F)(F)F)cn1. The zero-order chi connectivity index (χ0) is 25.1. The van der Waals surface area contributed by atoms with E-state index in [9.17, 15) is 31.1 Å². The van der Waals surface area contributed by atoms with E-state index >= 15 is 0 Å². The summed E-state index contributed by atoms with van der Waals surface area (Å²) in [5.74, 6) is -5.19. The van der Waals surface area contributed by atoms with Gasteiger partial charge in [0.2, 0.25) is 0 Å². The molecule has 1 fully saturated rings. The normalized spacial score (nSPS) is 19.5. The van der Waals surface area contributed by atoms with Gasteiger partial charge in [-0.05, 0) is 49.9 Å². The zero-order valence-corrected chi connectivity index (χ0v) is 18.2. The largest absolute Gasteiger partial charge is 0.573 e. The maximum atomic E-state index is 13.9. The number of piperidine rings is 1. The molecule has 2 aromatic heterocycles. The molecule has 6 nitrogen and oxygen atoms in total. The van der Waals surface area contributed by atoms with Crippen LogP contribution in [0.3, 0.4) is 0 Å². The standard InChI is InChI=1S/C23H18F6N4O2/c1-32-21(11-7-15(24)19(26)16(25)8-11)14-9-12-3-2-4-18(20(14)31-32)33(12)22(34)17-6-5-13(10-30-17)35-23(27,28)29/h5-8,10,12,18H,2-4,9H2,1H3/t12-,18+/m1/s1. The maximum Gasteiger partial charge on any atom is 0.573 e. The molecule has 0 radical (unpaired) electrons. The van der Waals surface area contributed by atoms with Crippen LogP contribution < -0.4 is 4.74 Å². The molecular formula is C23H18F6N4O2. The van der Waals surface area contributed by atoms with Gasteiger partial charge in [0.05, 0.1) is 23.6 Å². The summed E-state index contributed by atoms with van der Waals surface area (Å²) in [6.07, 6.45) is -1.65. The van der Waals surface area contributed by atoms with Crippen LogP contribution in [0, 0.1) is 17.5 Å². The lowest BCUT2D eigenvalue weighted by Crippen LogP contribution is -2.50. The highest BCUT2D eigenvalue weighted by atomic mass is 19.4. The van der Waals surface area contributed by atoms with Crippen LogP contribution in [0.15, 0.2) is 30.5 Å². The summed E-state index contributed by atoms with van der Waals surface area (Å²) < 4.78 is 83.9. The number of pyridine rings is 1. The van der Waals surface area contributed by atoms with Crippen molar-refractivity contribution < 1.29 is 35.9 Å². The summed E-state index contributed by atoms with van der Waals surface area (Å²) in [5, 5.41) is 4.53. The van der Waals surface area contributed by atoms with E-state index in [1.807, 2.05) is 0 Å². The quantitative estimate of drug-likeness (QED) is 0.375. The summed E-state index contributed by atoms with van der Waals surface area (Å²) in [6, 6.07) is 3.29. The van der Waals surface area contributed by atoms with Crippen molar-refractivity contribution in [2.75, 3.05) is 0 Å². The molecule has 5 rings (SSSR count). The van der Waals surface area contributed by atoms with Gasteiger partial charge in [0.15, 0.2) is 17.5 Å². The first-order chi connectivity index (χ1) is 16.5. The minimum absolute atomic E-state index is 0.0429. The lowest BCUT2D eigenvalue weighted by Gasteiger charge is -2.45. The van der Waals surface area contributed by atoms with Gasteiger partial charge in [-0.3, -0.25) is 9.48 Å². The van der Waals surface area contributed by atoms with Gasteiger partial charge in [-0.25, -0.2) is 18.2 Å². The van der Waals surface area contributed by atoms with Crippen LogP contribution in [0.2, 0.25) is 0 Å². The van der Waals surface area contributed by atoms with Crippen molar-refractivity contribution in [1.82, 2.24) is 19.7 Å². The number of nitrogens with zero attached hydrogens (tertiary/aromatic N) is 4. The van der Waals surface area contributed by atoms with Crippen LogP contribution in [-0.4, -0.2) is 38.0 Å². The van der Waals surface area contributed by atoms with E-state index in [0.717, 1.165) is 36.4 Å². The number of carbonyl (C=O) groups excluding carboxylic acids is 1. The maximum absolute atomic E-state index is 13.9. The number of amides is 1. The summed E-state index contributed by atoms with van der Waals surface area (Å²) in [4.78, 5) is 18.8. The molecule has 2 aliphatic heterocycles. The average molecular weight is 496 g/mol. The third-order valence-corrected chi connectivity index (χ3v) is 6.36. The number of ether oxygens (including phenoxy) is 1. The molecule has 0 aliphatic carbocycles. The Morgan fingerprint density at radius 2 is 1.83 bits per heavy atom.